The van der Waals surface area contributed by atoms with Crippen LogP contribution in [0.15, 0.2) is 182 Å². The van der Waals surface area contributed by atoms with Gasteiger partial charge in [-0.15, -0.1) is 0 Å². The van der Waals surface area contributed by atoms with E-state index in [9.17, 15) is 29.7 Å². The van der Waals surface area contributed by atoms with Crippen LogP contribution >= 0.6 is 0 Å². The van der Waals surface area contributed by atoms with Gasteiger partial charge in [0, 0.05) is 0 Å². The molecule has 0 radical (unpaired) electrons. The van der Waals surface area contributed by atoms with E-state index in [4.69, 9.17) is 9.05 Å². The Labute approximate surface area is 309 Å². The Balaban J connectivity index is 1.44. The Morgan fingerprint density at radius 2 is 0.481 bits per heavy atom. The second kappa shape index (κ2) is 15.8. The third-order valence-electron chi connectivity index (χ3n) is 8.51. The van der Waals surface area contributed by atoms with Crippen molar-refractivity contribution < 1.29 is 38.7 Å². The molecule has 0 saturated heterocycles. The van der Waals surface area contributed by atoms with Crippen LogP contribution in [0.1, 0.15) is 33.4 Å². The van der Waals surface area contributed by atoms with Crippen LogP contribution in [0.5, 0.6) is 0 Å². The van der Waals surface area contributed by atoms with E-state index in [1.165, 1.54) is 72.8 Å². The molecule has 0 unspecified atom stereocenters. The van der Waals surface area contributed by atoms with Crippen molar-refractivity contribution in [2.75, 3.05) is 0 Å². The van der Waals surface area contributed by atoms with E-state index in [0.29, 0.717) is 0 Å². The molecule has 0 heterocycles. The first-order valence-electron chi connectivity index (χ1n) is 16.2. The van der Waals surface area contributed by atoms with Gasteiger partial charge >= 0.3 is 310 Å². The zero-order chi connectivity index (χ0) is 36.6. The first-order valence-corrected chi connectivity index (χ1v) is 19.3. The van der Waals surface area contributed by atoms with E-state index in [1.807, 2.05) is 0 Å². The van der Waals surface area contributed by atoms with Crippen LogP contribution in [0.2, 0.25) is 0 Å². The minimum absolute atomic E-state index is 0.124. The fourth-order valence-electron chi connectivity index (χ4n) is 5.74. The normalized spacial score (nSPS) is 11.8. The third kappa shape index (κ3) is 7.13. The fourth-order valence-corrected chi connectivity index (χ4v) is 8.35. The van der Waals surface area contributed by atoms with Crippen LogP contribution in [-0.4, -0.2) is 54.7 Å². The van der Waals surface area contributed by atoms with E-state index in [-0.39, 0.29) is 33.4 Å². The summed E-state index contributed by atoms with van der Waals surface area (Å²) < 4.78 is 17.4. The molecule has 0 aliphatic heterocycles. The molecule has 6 aromatic carbocycles. The maximum absolute atomic E-state index is 14.3. The van der Waals surface area contributed by atoms with Crippen molar-refractivity contribution in [2.45, 2.75) is 16.8 Å². The van der Waals surface area contributed by atoms with E-state index in [2.05, 4.69) is 0 Å². The number of aliphatic hydroxyl groups is 3. The summed E-state index contributed by atoms with van der Waals surface area (Å²) in [5, 5.41) is 36.4. The SMILES string of the molecule is O=C([O][Sb]([O]C(=O)C(O)(c1ccccc1)c1ccccc1)[O]C(=O)C(O)(c1ccccc1)c1ccccc1)C(O)(c1ccccc1)c1ccccc1. The van der Waals surface area contributed by atoms with Crippen molar-refractivity contribution in [1.29, 1.82) is 0 Å². The molecule has 0 amide bonds. The van der Waals surface area contributed by atoms with Gasteiger partial charge in [0.1, 0.15) is 0 Å². The molecule has 0 bridgehead atoms. The average Bonchev–Trinajstić information content (AvgIpc) is 3.21. The third-order valence-corrected chi connectivity index (χ3v) is 11.2. The zero-order valence-corrected chi connectivity index (χ0v) is 30.1. The summed E-state index contributed by atoms with van der Waals surface area (Å²) in [5.74, 6) is -3.92. The van der Waals surface area contributed by atoms with Gasteiger partial charge in [0.05, 0.1) is 0 Å². The quantitative estimate of drug-likeness (QED) is 0.139. The summed E-state index contributed by atoms with van der Waals surface area (Å²) in [5.41, 5.74) is -6.60. The second-order valence-electron chi connectivity index (χ2n) is 11.7. The Bertz CT molecular complexity index is 1740. The number of benzene rings is 6. The summed E-state index contributed by atoms with van der Waals surface area (Å²) in [7, 11) is 0. The molecule has 260 valence electrons. The molecule has 0 saturated carbocycles. The molecule has 6 aromatic rings. The monoisotopic (exact) mass is 802 g/mol. The topological polar surface area (TPSA) is 140 Å². The zero-order valence-electron chi connectivity index (χ0n) is 27.6. The molecule has 10 heteroatoms. The molecule has 52 heavy (non-hydrogen) atoms. The minimum atomic E-state index is -5.10. The predicted molar refractivity (Wildman–Crippen MR) is 192 cm³/mol. The first kappa shape index (κ1) is 36.2. The fraction of sp³-hybridized carbons (Fsp3) is 0.0714. The van der Waals surface area contributed by atoms with E-state index >= 15 is 0 Å². The van der Waals surface area contributed by atoms with Crippen molar-refractivity contribution in [2.24, 2.45) is 0 Å². The Morgan fingerprint density at radius 3 is 0.635 bits per heavy atom. The van der Waals surface area contributed by atoms with Gasteiger partial charge in [-0.25, -0.2) is 0 Å². The molecule has 0 atom stereocenters. The van der Waals surface area contributed by atoms with Crippen molar-refractivity contribution in [3.05, 3.63) is 215 Å². The molecule has 6 rings (SSSR count). The molecule has 0 aliphatic carbocycles. The van der Waals surface area contributed by atoms with Crippen LogP contribution < -0.4 is 0 Å². The molecular weight excluding hydrogens is 770 g/mol. The van der Waals surface area contributed by atoms with Gasteiger partial charge in [-0.2, -0.15) is 0 Å². The van der Waals surface area contributed by atoms with Gasteiger partial charge in [-0.05, 0) is 0 Å². The van der Waals surface area contributed by atoms with Crippen LogP contribution in [0, 0.1) is 0 Å². The molecule has 0 fully saturated rings. The van der Waals surface area contributed by atoms with E-state index in [1.54, 1.807) is 109 Å². The molecule has 0 aromatic heterocycles. The van der Waals surface area contributed by atoms with E-state index in [0.717, 1.165) is 0 Å². The molecule has 3 N–H and O–H groups in total. The van der Waals surface area contributed by atoms with Gasteiger partial charge in [0.2, 0.25) is 0 Å². The summed E-state index contributed by atoms with van der Waals surface area (Å²) in [6.45, 7) is 0. The number of carbonyl (C=O) groups is 3. The van der Waals surface area contributed by atoms with Crippen LogP contribution in [0.4, 0.5) is 0 Å². The second-order valence-corrected chi connectivity index (χ2v) is 14.5. The van der Waals surface area contributed by atoms with Crippen molar-refractivity contribution in [3.63, 3.8) is 0 Å². The number of rotatable bonds is 12. The summed E-state index contributed by atoms with van der Waals surface area (Å²) in [6, 6.07) is 47.8. The molecule has 9 nitrogen and oxygen atoms in total. The maximum atomic E-state index is 14.3. The summed E-state index contributed by atoms with van der Waals surface area (Å²) in [6.07, 6.45) is 0. The first-order chi connectivity index (χ1) is 25.2. The van der Waals surface area contributed by atoms with Crippen molar-refractivity contribution in [3.8, 4) is 0 Å². The average molecular weight is 803 g/mol. The molecule has 0 aliphatic rings. The number of hydrogen-bond donors (Lipinski definition) is 3. The predicted octanol–water partition coefficient (Wildman–Crippen LogP) is 5.41. The van der Waals surface area contributed by atoms with Gasteiger partial charge in [-0.3, -0.25) is 0 Å². The molecular formula is C42H33O9Sb. The van der Waals surface area contributed by atoms with Crippen LogP contribution in [0.25, 0.3) is 0 Å². The van der Waals surface area contributed by atoms with Crippen molar-refractivity contribution in [1.82, 2.24) is 0 Å². The van der Waals surface area contributed by atoms with Gasteiger partial charge < -0.3 is 0 Å². The Morgan fingerprint density at radius 1 is 0.327 bits per heavy atom. The van der Waals surface area contributed by atoms with Crippen LogP contribution in [-0.2, 0) is 40.2 Å². The van der Waals surface area contributed by atoms with Gasteiger partial charge in [0.25, 0.3) is 0 Å². The Hall–Kier alpha value is -5.57. The Kier molecular flexibility index (Phi) is 11.0. The molecule has 0 spiro atoms. The van der Waals surface area contributed by atoms with Gasteiger partial charge in [0.15, 0.2) is 0 Å². The summed E-state index contributed by atoms with van der Waals surface area (Å²) in [4.78, 5) is 42.9. The van der Waals surface area contributed by atoms with Gasteiger partial charge in [-0.1, -0.05) is 0 Å². The van der Waals surface area contributed by atoms with Crippen LogP contribution in [0.3, 0.4) is 0 Å². The van der Waals surface area contributed by atoms with Crippen molar-refractivity contribution >= 4 is 39.4 Å². The van der Waals surface area contributed by atoms with E-state index < -0.39 is 56.2 Å². The number of carbonyl (C=O) groups excluding carboxylic acids is 3. The summed E-state index contributed by atoms with van der Waals surface area (Å²) >= 11 is -5.10. The number of hydrogen-bond acceptors (Lipinski definition) is 9. The standard InChI is InChI=1S/3C14H12O3.Sb/c3*15-13(16)14(17,11-7-3-1-4-8-11)12-9-5-2-6-10-12;/h3*1-10,17H,(H,15,16);/q;;;+3/p-3.